The van der Waals surface area contributed by atoms with E-state index in [1.165, 1.54) is 10.4 Å². The van der Waals surface area contributed by atoms with Gasteiger partial charge in [-0.1, -0.05) is 6.07 Å². The summed E-state index contributed by atoms with van der Waals surface area (Å²) in [5.74, 6) is 1.16. The number of thiophene rings is 1. The third kappa shape index (κ3) is 4.61. The molecule has 0 atom stereocenters. The van der Waals surface area contributed by atoms with E-state index in [9.17, 15) is 13.2 Å². The lowest BCUT2D eigenvalue weighted by atomic mass is 10.2. The van der Waals surface area contributed by atoms with Crippen LogP contribution in [0.3, 0.4) is 0 Å². The fourth-order valence-corrected chi connectivity index (χ4v) is 7.25. The van der Waals surface area contributed by atoms with E-state index in [4.69, 9.17) is 4.74 Å². The number of hydrogen-bond donors (Lipinski definition) is 1. The quantitative estimate of drug-likeness (QED) is 0.750. The summed E-state index contributed by atoms with van der Waals surface area (Å²) in [5.41, 5.74) is 1.65. The third-order valence-corrected chi connectivity index (χ3v) is 8.83. The van der Waals surface area contributed by atoms with Gasteiger partial charge in [0.1, 0.15) is 9.77 Å². The number of carbonyl (C=O) groups is 1. The van der Waals surface area contributed by atoms with Crippen LogP contribution in [-0.4, -0.2) is 69.5 Å². The maximum Gasteiger partial charge on any atom is 0.267 e. The van der Waals surface area contributed by atoms with E-state index in [1.807, 2.05) is 24.3 Å². The van der Waals surface area contributed by atoms with E-state index in [0.717, 1.165) is 41.6 Å². The second-order valence-corrected chi connectivity index (χ2v) is 10.8. The lowest BCUT2D eigenvalue weighted by molar-refractivity contribution is 0.102. The topological polar surface area (TPSA) is 79.0 Å². The molecule has 4 rings (SSSR count). The maximum atomic E-state index is 13.0. The molecule has 1 aromatic heterocycles. The van der Waals surface area contributed by atoms with E-state index in [-0.39, 0.29) is 9.77 Å². The van der Waals surface area contributed by atoms with Gasteiger partial charge in [0, 0.05) is 49.1 Å². The average Bonchev–Trinajstić information content (AvgIpc) is 3.26. The second kappa shape index (κ2) is 9.05. The van der Waals surface area contributed by atoms with E-state index in [0.29, 0.717) is 32.0 Å². The van der Waals surface area contributed by atoms with Crippen molar-refractivity contribution in [3.63, 3.8) is 0 Å². The summed E-state index contributed by atoms with van der Waals surface area (Å²) in [6.07, 6.45) is 0. The molecule has 0 saturated carbocycles. The number of benzene rings is 1. The lowest BCUT2D eigenvalue weighted by Gasteiger charge is -2.29. The smallest absolute Gasteiger partial charge is 0.267 e. The molecule has 10 heteroatoms. The summed E-state index contributed by atoms with van der Waals surface area (Å²) < 4.78 is 32.9. The number of nitrogens with zero attached hydrogens (tertiary/aromatic N) is 2. The molecular formula is C19H23N3O4S3. The van der Waals surface area contributed by atoms with Crippen molar-refractivity contribution in [2.24, 2.45) is 0 Å². The van der Waals surface area contributed by atoms with Crippen LogP contribution in [-0.2, 0) is 14.8 Å². The molecule has 1 amide bonds. The normalized spacial score (nSPS) is 18.6. The fraction of sp³-hybridized carbons (Fsp3) is 0.421. The first-order valence-corrected chi connectivity index (χ1v) is 12.9. The Morgan fingerprint density at radius 2 is 1.83 bits per heavy atom. The van der Waals surface area contributed by atoms with Crippen LogP contribution >= 0.6 is 23.1 Å². The van der Waals surface area contributed by atoms with Crippen LogP contribution in [0.4, 0.5) is 11.4 Å². The van der Waals surface area contributed by atoms with Crippen LogP contribution in [0.2, 0.25) is 0 Å². The number of carbonyl (C=O) groups excluding carboxylic acids is 1. The Bertz CT molecular complexity index is 965. The average molecular weight is 454 g/mol. The van der Waals surface area contributed by atoms with Crippen LogP contribution in [0.5, 0.6) is 0 Å². The molecule has 7 nitrogen and oxygen atoms in total. The third-order valence-electron chi connectivity index (χ3n) is 4.90. The first-order valence-electron chi connectivity index (χ1n) is 9.45. The molecule has 156 valence electrons. The van der Waals surface area contributed by atoms with E-state index >= 15 is 0 Å². The Hall–Kier alpha value is -1.59. The molecule has 0 aliphatic carbocycles. The van der Waals surface area contributed by atoms with Crippen molar-refractivity contribution < 1.29 is 17.9 Å². The standard InChI is InChI=1S/C19H23N3O4S3/c23-19(20-15-2-1-3-16(14-15)21-5-9-26-10-6-21)18-17(4-11-28-18)29(24,25)22-7-12-27-13-8-22/h1-4,11,14H,5-10,12-13H2,(H,20,23). The van der Waals surface area contributed by atoms with Crippen molar-refractivity contribution >= 4 is 50.4 Å². The number of sulfonamides is 1. The van der Waals surface area contributed by atoms with Crippen LogP contribution in [0.1, 0.15) is 9.67 Å². The zero-order valence-electron chi connectivity index (χ0n) is 15.9. The van der Waals surface area contributed by atoms with Crippen molar-refractivity contribution in [1.82, 2.24) is 4.31 Å². The molecule has 1 N–H and O–H groups in total. The van der Waals surface area contributed by atoms with Gasteiger partial charge in [0.2, 0.25) is 10.0 Å². The molecule has 0 unspecified atom stereocenters. The van der Waals surface area contributed by atoms with E-state index < -0.39 is 15.9 Å². The minimum Gasteiger partial charge on any atom is -0.378 e. The first kappa shape index (κ1) is 20.7. The van der Waals surface area contributed by atoms with Crippen molar-refractivity contribution in [3.8, 4) is 0 Å². The molecule has 1 aromatic carbocycles. The van der Waals surface area contributed by atoms with Crippen LogP contribution in [0, 0.1) is 0 Å². The van der Waals surface area contributed by atoms with Gasteiger partial charge in [-0.15, -0.1) is 11.3 Å². The lowest BCUT2D eigenvalue weighted by Crippen LogP contribution is -2.38. The summed E-state index contributed by atoms with van der Waals surface area (Å²) in [7, 11) is -3.66. The highest BCUT2D eigenvalue weighted by atomic mass is 32.2. The van der Waals surface area contributed by atoms with Crippen LogP contribution in [0.15, 0.2) is 40.6 Å². The molecule has 0 bridgehead atoms. The highest BCUT2D eigenvalue weighted by Gasteiger charge is 2.31. The van der Waals surface area contributed by atoms with Gasteiger partial charge < -0.3 is 15.0 Å². The number of nitrogens with one attached hydrogen (secondary N) is 1. The monoisotopic (exact) mass is 453 g/mol. The Balaban J connectivity index is 1.52. The molecule has 3 heterocycles. The molecule has 0 radical (unpaired) electrons. The highest BCUT2D eigenvalue weighted by molar-refractivity contribution is 7.99. The number of ether oxygens (including phenoxy) is 1. The second-order valence-electron chi connectivity index (χ2n) is 6.73. The van der Waals surface area contributed by atoms with Crippen molar-refractivity contribution in [3.05, 3.63) is 40.6 Å². The summed E-state index contributed by atoms with van der Waals surface area (Å²) in [5, 5.41) is 4.52. The molecule has 0 spiro atoms. The SMILES string of the molecule is O=C(Nc1cccc(N2CCOCC2)c1)c1sccc1S(=O)(=O)N1CCSCC1. The van der Waals surface area contributed by atoms with Gasteiger partial charge in [0.25, 0.3) is 5.91 Å². The summed E-state index contributed by atoms with van der Waals surface area (Å²) in [6, 6.07) is 9.13. The molecule has 2 fully saturated rings. The van der Waals surface area contributed by atoms with Crippen molar-refractivity contribution in [1.29, 1.82) is 0 Å². The molecule has 2 aromatic rings. The Labute approximate surface area is 179 Å². The molecule has 2 aliphatic heterocycles. The van der Waals surface area contributed by atoms with Gasteiger partial charge in [-0.2, -0.15) is 16.1 Å². The Kier molecular flexibility index (Phi) is 6.45. The minimum atomic E-state index is -3.66. The van der Waals surface area contributed by atoms with Crippen LogP contribution in [0.25, 0.3) is 0 Å². The van der Waals surface area contributed by atoms with Gasteiger partial charge in [-0.25, -0.2) is 8.42 Å². The minimum absolute atomic E-state index is 0.0937. The molecule has 29 heavy (non-hydrogen) atoms. The first-order chi connectivity index (χ1) is 14.1. The zero-order valence-corrected chi connectivity index (χ0v) is 18.3. The molecule has 2 saturated heterocycles. The van der Waals surface area contributed by atoms with Gasteiger partial charge in [0.05, 0.1) is 13.2 Å². The maximum absolute atomic E-state index is 13.0. The molecular weight excluding hydrogens is 430 g/mol. The van der Waals surface area contributed by atoms with Crippen molar-refractivity contribution in [2.45, 2.75) is 4.90 Å². The van der Waals surface area contributed by atoms with Gasteiger partial charge in [0.15, 0.2) is 0 Å². The van der Waals surface area contributed by atoms with Gasteiger partial charge in [-0.3, -0.25) is 4.79 Å². The number of amides is 1. The van der Waals surface area contributed by atoms with Gasteiger partial charge >= 0.3 is 0 Å². The Morgan fingerprint density at radius 1 is 1.07 bits per heavy atom. The zero-order chi connectivity index (χ0) is 20.3. The number of anilines is 2. The van der Waals surface area contributed by atoms with E-state index in [1.54, 1.807) is 17.1 Å². The van der Waals surface area contributed by atoms with E-state index in [2.05, 4.69) is 10.2 Å². The summed E-state index contributed by atoms with van der Waals surface area (Å²) in [6.45, 7) is 3.93. The molecule has 2 aliphatic rings. The Morgan fingerprint density at radius 3 is 2.59 bits per heavy atom. The predicted octanol–water partition coefficient (Wildman–Crippen LogP) is 2.57. The summed E-state index contributed by atoms with van der Waals surface area (Å²) in [4.78, 5) is 15.4. The highest BCUT2D eigenvalue weighted by Crippen LogP contribution is 2.28. The number of thioether (sulfide) groups is 1. The van der Waals surface area contributed by atoms with Gasteiger partial charge in [-0.05, 0) is 29.6 Å². The number of rotatable bonds is 5. The predicted molar refractivity (Wildman–Crippen MR) is 118 cm³/mol. The number of hydrogen-bond acceptors (Lipinski definition) is 7. The largest absolute Gasteiger partial charge is 0.378 e. The van der Waals surface area contributed by atoms with Crippen LogP contribution < -0.4 is 10.2 Å². The fourth-order valence-electron chi connectivity index (χ4n) is 3.38. The summed E-state index contributed by atoms with van der Waals surface area (Å²) >= 11 is 2.89. The number of morpholine rings is 1. The van der Waals surface area contributed by atoms with Crippen molar-refractivity contribution in [2.75, 3.05) is 61.1 Å².